The Kier molecular flexibility index (Phi) is 11.1. The summed E-state index contributed by atoms with van der Waals surface area (Å²) in [5, 5.41) is 13.2. The van der Waals surface area contributed by atoms with Crippen LogP contribution in [0.25, 0.3) is 11.3 Å². The van der Waals surface area contributed by atoms with Crippen LogP contribution in [0.5, 0.6) is 0 Å². The Morgan fingerprint density at radius 2 is 1.55 bits per heavy atom. The third kappa shape index (κ3) is 8.29. The first-order valence-electron chi connectivity index (χ1n) is 21.3. The molecule has 62 heavy (non-hydrogen) atoms. The Hall–Kier alpha value is -6.81. The number of carbonyl (C=O) groups is 4. The predicted octanol–water partition coefficient (Wildman–Crippen LogP) is 5.84. The molecule has 0 bridgehead atoms. The van der Waals surface area contributed by atoms with E-state index in [1.54, 1.807) is 28.6 Å². The molecule has 0 radical (unpaired) electrons. The molecule has 3 aromatic carbocycles. The quantitative estimate of drug-likeness (QED) is 0.141. The summed E-state index contributed by atoms with van der Waals surface area (Å²) in [5.41, 5.74) is 12.6. The highest BCUT2D eigenvalue weighted by Gasteiger charge is 2.30. The number of nitrogens with one attached hydrogen (secondary N) is 3. The highest BCUT2D eigenvalue weighted by atomic mass is 19.1. The van der Waals surface area contributed by atoms with E-state index >= 15 is 4.39 Å². The third-order valence-electron chi connectivity index (χ3n) is 12.5. The van der Waals surface area contributed by atoms with Crippen LogP contribution in [0.2, 0.25) is 0 Å². The zero-order valence-corrected chi connectivity index (χ0v) is 34.9. The van der Waals surface area contributed by atoms with Gasteiger partial charge in [0.1, 0.15) is 28.7 Å². The first kappa shape index (κ1) is 40.6. The van der Waals surface area contributed by atoms with Gasteiger partial charge in [-0.15, -0.1) is 0 Å². The Morgan fingerprint density at radius 1 is 0.823 bits per heavy atom. The minimum atomic E-state index is -0.738. The molecule has 5 N–H and O–H groups in total. The van der Waals surface area contributed by atoms with E-state index in [0.717, 1.165) is 98.7 Å². The number of pyridine rings is 1. The van der Waals surface area contributed by atoms with Gasteiger partial charge in [-0.05, 0) is 117 Å². The molecule has 15 nitrogen and oxygen atoms in total. The van der Waals surface area contributed by atoms with E-state index in [9.17, 15) is 19.2 Å². The van der Waals surface area contributed by atoms with Gasteiger partial charge in [-0.25, -0.2) is 18.9 Å². The normalized spacial score (nSPS) is 17.2. The van der Waals surface area contributed by atoms with Crippen LogP contribution in [0.3, 0.4) is 0 Å². The molecule has 3 fully saturated rings. The maximum atomic E-state index is 15.9. The monoisotopic (exact) mass is 839 g/mol. The number of rotatable bonds is 9. The number of piperazine rings is 1. The predicted molar refractivity (Wildman–Crippen MR) is 237 cm³/mol. The second kappa shape index (κ2) is 16.9. The molecule has 4 aliphatic heterocycles. The highest BCUT2D eigenvalue weighted by Crippen LogP contribution is 2.37. The largest absolute Gasteiger partial charge is 0.372 e. The number of benzene rings is 3. The van der Waals surface area contributed by atoms with Crippen molar-refractivity contribution in [2.45, 2.75) is 46.1 Å². The van der Waals surface area contributed by atoms with Crippen molar-refractivity contribution in [2.24, 2.45) is 11.7 Å². The van der Waals surface area contributed by atoms with Crippen molar-refractivity contribution in [3.05, 3.63) is 107 Å². The first-order valence-corrected chi connectivity index (χ1v) is 21.3. The number of urea groups is 1. The fourth-order valence-electron chi connectivity index (χ4n) is 9.12. The molecule has 16 heteroatoms. The minimum Gasteiger partial charge on any atom is -0.372 e. The smallest absolute Gasteiger partial charge is 0.328 e. The van der Waals surface area contributed by atoms with Gasteiger partial charge >= 0.3 is 6.03 Å². The van der Waals surface area contributed by atoms with E-state index < -0.39 is 17.6 Å². The molecule has 0 spiro atoms. The lowest BCUT2D eigenvalue weighted by molar-refractivity contribution is -0.120. The molecule has 5 amide bonds. The van der Waals surface area contributed by atoms with Gasteiger partial charge in [-0.1, -0.05) is 6.07 Å². The SMILES string of the molecule is Cc1cccc(NC(=O)c2cc(F)c(-c3nn4c(c3C(N)=O)Nc3ccc(N5CCN(CC6CCN(c7ccc(N8CCC(=O)NC8=O)cc7)CC6)CC5)cc3CC4)cc2C)n1. The highest BCUT2D eigenvalue weighted by molar-refractivity contribution is 6.07. The lowest BCUT2D eigenvalue weighted by Gasteiger charge is -2.40. The summed E-state index contributed by atoms with van der Waals surface area (Å²) in [7, 11) is 0. The van der Waals surface area contributed by atoms with E-state index in [2.05, 4.69) is 59.9 Å². The number of primary amides is 1. The first-order chi connectivity index (χ1) is 30.0. The zero-order valence-electron chi connectivity index (χ0n) is 34.9. The lowest BCUT2D eigenvalue weighted by Crippen LogP contribution is -2.49. The van der Waals surface area contributed by atoms with Crippen LogP contribution in [0, 0.1) is 25.6 Å². The van der Waals surface area contributed by atoms with Crippen molar-refractivity contribution < 1.29 is 23.6 Å². The van der Waals surface area contributed by atoms with Crippen molar-refractivity contribution in [2.75, 3.05) is 77.7 Å². The van der Waals surface area contributed by atoms with E-state index in [-0.39, 0.29) is 34.3 Å². The van der Waals surface area contributed by atoms with Crippen LogP contribution in [-0.2, 0) is 17.8 Å². The second-order valence-corrected chi connectivity index (χ2v) is 16.6. The summed E-state index contributed by atoms with van der Waals surface area (Å²) >= 11 is 0. The Labute approximate surface area is 359 Å². The van der Waals surface area contributed by atoms with Gasteiger partial charge in [0.05, 0.1) is 0 Å². The summed E-state index contributed by atoms with van der Waals surface area (Å²) in [4.78, 5) is 63.3. The number of halogens is 1. The van der Waals surface area contributed by atoms with Crippen LogP contribution in [0.15, 0.2) is 72.8 Å². The summed E-state index contributed by atoms with van der Waals surface area (Å²) in [5.74, 6) is -0.759. The molecule has 0 unspecified atom stereocenters. The average Bonchev–Trinajstić information content (AvgIpc) is 3.52. The fraction of sp³-hybridized carbons (Fsp3) is 0.348. The molecule has 2 aromatic heterocycles. The van der Waals surface area contributed by atoms with Crippen LogP contribution in [-0.4, -0.2) is 95.8 Å². The fourth-order valence-corrected chi connectivity index (χ4v) is 9.12. The van der Waals surface area contributed by atoms with Crippen LogP contribution in [0.1, 0.15) is 56.8 Å². The number of imide groups is 1. The summed E-state index contributed by atoms with van der Waals surface area (Å²) in [6, 6.07) is 22.0. The maximum Gasteiger partial charge on any atom is 0.328 e. The van der Waals surface area contributed by atoms with Gasteiger partial charge in [0.15, 0.2) is 0 Å². The number of fused-ring (bicyclic) bond motifs is 2. The third-order valence-corrected chi connectivity index (χ3v) is 12.5. The van der Waals surface area contributed by atoms with Gasteiger partial charge in [0.2, 0.25) is 5.91 Å². The zero-order chi connectivity index (χ0) is 43.1. The Balaban J connectivity index is 0.802. The summed E-state index contributed by atoms with van der Waals surface area (Å²) in [6.45, 7) is 11.2. The Bertz CT molecular complexity index is 2560. The van der Waals surface area contributed by atoms with Crippen LogP contribution < -0.4 is 36.4 Å². The molecule has 0 aliphatic carbocycles. The molecule has 0 saturated carbocycles. The van der Waals surface area contributed by atoms with Gasteiger partial charge in [0, 0.05) is 105 Å². The van der Waals surface area contributed by atoms with Gasteiger partial charge in [0.25, 0.3) is 11.8 Å². The minimum absolute atomic E-state index is 0.0818. The molecular weight excluding hydrogens is 790 g/mol. The van der Waals surface area contributed by atoms with Crippen molar-refractivity contribution in [3.8, 4) is 11.3 Å². The topological polar surface area (TPSA) is 174 Å². The lowest BCUT2D eigenvalue weighted by atomic mass is 9.95. The number of hydrogen-bond acceptors (Lipinski definition) is 10. The van der Waals surface area contributed by atoms with Crippen molar-refractivity contribution in [1.29, 1.82) is 0 Å². The van der Waals surface area contributed by atoms with Gasteiger partial charge in [-0.3, -0.25) is 29.5 Å². The summed E-state index contributed by atoms with van der Waals surface area (Å²) in [6.07, 6.45) is 3.19. The second-order valence-electron chi connectivity index (χ2n) is 16.6. The molecule has 5 aromatic rings. The number of amides is 5. The summed E-state index contributed by atoms with van der Waals surface area (Å²) < 4.78 is 17.5. The molecule has 6 heterocycles. The van der Waals surface area contributed by atoms with Gasteiger partial charge in [-0.2, -0.15) is 5.10 Å². The number of aryl methyl sites for hydroxylation is 4. The van der Waals surface area contributed by atoms with Crippen molar-refractivity contribution in [3.63, 3.8) is 0 Å². The molecular formula is C46H50FN11O4. The van der Waals surface area contributed by atoms with E-state index in [1.807, 2.05) is 31.2 Å². The van der Waals surface area contributed by atoms with E-state index in [0.29, 0.717) is 49.0 Å². The van der Waals surface area contributed by atoms with E-state index in [4.69, 9.17) is 10.8 Å². The molecule has 3 saturated heterocycles. The number of hydrogen-bond donors (Lipinski definition) is 4. The number of aromatic nitrogens is 3. The number of nitrogens with two attached hydrogens (primary N) is 1. The molecule has 320 valence electrons. The Morgan fingerprint density at radius 3 is 2.27 bits per heavy atom. The average molecular weight is 840 g/mol. The van der Waals surface area contributed by atoms with Crippen LogP contribution >= 0.6 is 0 Å². The van der Waals surface area contributed by atoms with Crippen LogP contribution in [0.4, 0.5) is 43.6 Å². The number of carbonyl (C=O) groups excluding carboxylic acids is 4. The van der Waals surface area contributed by atoms with Crippen molar-refractivity contribution in [1.82, 2.24) is 25.0 Å². The van der Waals surface area contributed by atoms with E-state index in [1.165, 1.54) is 6.07 Å². The van der Waals surface area contributed by atoms with Crippen molar-refractivity contribution >= 4 is 58.1 Å². The molecule has 9 rings (SSSR count). The molecule has 0 atom stereocenters. The number of piperidine rings is 1. The standard InChI is InChI=1S/C46H50FN11O4/c1-28-24-36(37(47)26-35(28)45(61)51-39-5-3-4-29(2)49-39)42-41(43(48)60)44-50-38-11-10-34(25-31(38)14-19-58(44)53-42)56-22-20-54(21-23-56)27-30-12-16-55(17-13-30)32-6-8-33(9-7-32)57-18-15-40(59)52-46(57)62/h3-11,24-26,30,50H,12-23,27H2,1-2H3,(H2,48,60)(H,49,51,61)(H,52,59,62). The molecule has 4 aliphatic rings. The van der Waals surface area contributed by atoms with Gasteiger partial charge < -0.3 is 26.2 Å². The maximum absolute atomic E-state index is 15.9. The number of nitrogens with zero attached hydrogens (tertiary/aromatic N) is 7. The number of anilines is 6.